The van der Waals surface area contributed by atoms with E-state index in [1.54, 1.807) is 0 Å². The zero-order valence-corrected chi connectivity index (χ0v) is 11.6. The number of pyridine rings is 1. The molecule has 3 aromatic rings. The predicted molar refractivity (Wildman–Crippen MR) is 85.1 cm³/mol. The summed E-state index contributed by atoms with van der Waals surface area (Å²) in [6, 6.07) is 18.1. The van der Waals surface area contributed by atoms with Gasteiger partial charge in [-0.05, 0) is 34.9 Å². The lowest BCUT2D eigenvalue weighted by molar-refractivity contribution is -0.116. The van der Waals surface area contributed by atoms with Crippen molar-refractivity contribution in [2.24, 2.45) is 0 Å². The van der Waals surface area contributed by atoms with Crippen LogP contribution in [0.4, 0.5) is 5.69 Å². The third-order valence-electron chi connectivity index (χ3n) is 3.46. The molecule has 0 saturated carbocycles. The van der Waals surface area contributed by atoms with Gasteiger partial charge in [0.25, 0.3) is 0 Å². The standard InChI is InChI=1S/C9H9NO.C9H7N/c11-9-6-5-7-3-1-2-4-8(7)10-9;1-2-4-9-7-10-6-5-8(9)3-1/h1-4H,5-6H2,(H,10,11);1-7H. The lowest BCUT2D eigenvalue weighted by atomic mass is 10.0. The highest BCUT2D eigenvalue weighted by atomic mass is 16.1. The van der Waals surface area contributed by atoms with Gasteiger partial charge in [-0.2, -0.15) is 0 Å². The summed E-state index contributed by atoms with van der Waals surface area (Å²) in [5, 5.41) is 5.27. The van der Waals surface area contributed by atoms with Crippen molar-refractivity contribution < 1.29 is 4.79 Å². The molecule has 21 heavy (non-hydrogen) atoms. The maximum Gasteiger partial charge on any atom is 0.224 e. The Bertz CT molecular complexity index is 702. The molecule has 0 atom stereocenters. The van der Waals surface area contributed by atoms with Gasteiger partial charge in [0.1, 0.15) is 0 Å². The minimum atomic E-state index is 0.128. The van der Waals surface area contributed by atoms with Crippen LogP contribution in [0.1, 0.15) is 12.0 Å². The molecule has 0 radical (unpaired) electrons. The predicted octanol–water partition coefficient (Wildman–Crippen LogP) is 3.81. The minimum Gasteiger partial charge on any atom is -0.326 e. The number of nitrogens with zero attached hydrogens (tertiary/aromatic N) is 1. The first-order valence-electron chi connectivity index (χ1n) is 6.99. The van der Waals surface area contributed by atoms with Gasteiger partial charge < -0.3 is 5.32 Å². The smallest absolute Gasteiger partial charge is 0.224 e. The Kier molecular flexibility index (Phi) is 3.92. The number of fused-ring (bicyclic) bond motifs is 2. The summed E-state index contributed by atoms with van der Waals surface area (Å²) in [6.45, 7) is 0. The van der Waals surface area contributed by atoms with Gasteiger partial charge in [-0.3, -0.25) is 9.78 Å². The molecule has 1 N–H and O–H groups in total. The van der Waals surface area contributed by atoms with Crippen molar-refractivity contribution in [2.75, 3.05) is 5.32 Å². The van der Waals surface area contributed by atoms with Crippen LogP contribution in [0.5, 0.6) is 0 Å². The van der Waals surface area contributed by atoms with Gasteiger partial charge in [0.15, 0.2) is 0 Å². The van der Waals surface area contributed by atoms with E-state index in [2.05, 4.69) is 28.5 Å². The molecule has 1 aromatic heterocycles. The number of amides is 1. The number of rotatable bonds is 0. The van der Waals surface area contributed by atoms with E-state index in [9.17, 15) is 4.79 Å². The van der Waals surface area contributed by atoms with E-state index in [4.69, 9.17) is 0 Å². The molecular weight excluding hydrogens is 260 g/mol. The summed E-state index contributed by atoms with van der Waals surface area (Å²) in [5.41, 5.74) is 2.22. The zero-order valence-electron chi connectivity index (χ0n) is 11.6. The lowest BCUT2D eigenvalue weighted by Gasteiger charge is -2.15. The van der Waals surface area contributed by atoms with Gasteiger partial charge in [-0.25, -0.2) is 0 Å². The molecule has 3 heteroatoms. The van der Waals surface area contributed by atoms with Gasteiger partial charge in [0.05, 0.1) is 0 Å². The molecule has 0 aliphatic carbocycles. The van der Waals surface area contributed by atoms with Crippen LogP contribution >= 0.6 is 0 Å². The van der Waals surface area contributed by atoms with E-state index in [1.807, 2.05) is 48.8 Å². The molecule has 0 fully saturated rings. The first-order valence-corrected chi connectivity index (χ1v) is 6.99. The van der Waals surface area contributed by atoms with Gasteiger partial charge in [0, 0.05) is 24.5 Å². The van der Waals surface area contributed by atoms with Gasteiger partial charge in [-0.1, -0.05) is 42.5 Å². The molecule has 2 heterocycles. The van der Waals surface area contributed by atoms with Gasteiger partial charge in [0.2, 0.25) is 5.91 Å². The van der Waals surface area contributed by atoms with Crippen molar-refractivity contribution in [2.45, 2.75) is 12.8 Å². The molecule has 0 spiro atoms. The van der Waals surface area contributed by atoms with E-state index >= 15 is 0 Å². The van der Waals surface area contributed by atoms with E-state index in [1.165, 1.54) is 16.3 Å². The molecular formula is C18H16N2O. The zero-order chi connectivity index (χ0) is 14.5. The van der Waals surface area contributed by atoms with E-state index in [0.717, 1.165) is 12.1 Å². The van der Waals surface area contributed by atoms with Crippen LogP contribution in [-0.4, -0.2) is 10.9 Å². The van der Waals surface area contributed by atoms with Crippen molar-refractivity contribution >= 4 is 22.4 Å². The van der Waals surface area contributed by atoms with Crippen molar-refractivity contribution in [1.29, 1.82) is 0 Å². The third kappa shape index (κ3) is 3.26. The summed E-state index contributed by atoms with van der Waals surface area (Å²) < 4.78 is 0. The first-order chi connectivity index (χ1) is 10.3. The lowest BCUT2D eigenvalue weighted by Crippen LogP contribution is -2.18. The fraction of sp³-hybridized carbons (Fsp3) is 0.111. The van der Waals surface area contributed by atoms with Crippen molar-refractivity contribution in [3.8, 4) is 0 Å². The minimum absolute atomic E-state index is 0.128. The quantitative estimate of drug-likeness (QED) is 0.678. The highest BCUT2D eigenvalue weighted by Crippen LogP contribution is 2.20. The maximum atomic E-state index is 10.9. The number of hydrogen-bond donors (Lipinski definition) is 1. The normalized spacial score (nSPS) is 12.9. The summed E-state index contributed by atoms with van der Waals surface area (Å²) in [5.74, 6) is 0.128. The number of benzene rings is 2. The Hall–Kier alpha value is -2.68. The molecule has 1 aliphatic heterocycles. The summed E-state index contributed by atoms with van der Waals surface area (Å²) in [4.78, 5) is 14.9. The Morgan fingerprint density at radius 2 is 1.62 bits per heavy atom. The van der Waals surface area contributed by atoms with Gasteiger partial charge >= 0.3 is 0 Å². The Morgan fingerprint density at radius 1 is 0.857 bits per heavy atom. The van der Waals surface area contributed by atoms with Crippen molar-refractivity contribution in [3.63, 3.8) is 0 Å². The van der Waals surface area contributed by atoms with Crippen molar-refractivity contribution in [1.82, 2.24) is 4.98 Å². The molecule has 104 valence electrons. The average Bonchev–Trinajstić information content (AvgIpc) is 2.55. The molecule has 0 saturated heterocycles. The van der Waals surface area contributed by atoms with Crippen molar-refractivity contribution in [3.05, 3.63) is 72.6 Å². The summed E-state index contributed by atoms with van der Waals surface area (Å²) in [7, 11) is 0. The van der Waals surface area contributed by atoms with Crippen LogP contribution in [-0.2, 0) is 11.2 Å². The number of carbonyl (C=O) groups is 1. The highest BCUT2D eigenvalue weighted by molar-refractivity contribution is 5.93. The second-order valence-corrected chi connectivity index (χ2v) is 4.93. The van der Waals surface area contributed by atoms with Gasteiger partial charge in [-0.15, -0.1) is 0 Å². The fourth-order valence-electron chi connectivity index (χ4n) is 2.35. The first kappa shape index (κ1) is 13.3. The van der Waals surface area contributed by atoms with E-state index in [-0.39, 0.29) is 5.91 Å². The number of hydrogen-bond acceptors (Lipinski definition) is 2. The Labute approximate surface area is 123 Å². The number of aromatic nitrogens is 1. The largest absolute Gasteiger partial charge is 0.326 e. The number of carbonyl (C=O) groups excluding carboxylic acids is 1. The Balaban J connectivity index is 0.000000126. The summed E-state index contributed by atoms with van der Waals surface area (Å²) in [6.07, 6.45) is 5.18. The van der Waals surface area contributed by atoms with Crippen LogP contribution in [0.15, 0.2) is 67.0 Å². The number of nitrogens with one attached hydrogen (secondary N) is 1. The molecule has 1 amide bonds. The monoisotopic (exact) mass is 276 g/mol. The van der Waals surface area contributed by atoms with Crippen LogP contribution in [0.25, 0.3) is 10.8 Å². The van der Waals surface area contributed by atoms with Crippen LogP contribution in [0, 0.1) is 0 Å². The molecule has 2 aromatic carbocycles. The fourth-order valence-corrected chi connectivity index (χ4v) is 2.35. The molecule has 0 unspecified atom stereocenters. The Morgan fingerprint density at radius 3 is 2.48 bits per heavy atom. The second-order valence-electron chi connectivity index (χ2n) is 4.93. The third-order valence-corrected chi connectivity index (χ3v) is 3.46. The SMILES string of the molecule is O=C1CCc2ccccc2N1.c1ccc2cnccc2c1. The molecule has 1 aliphatic rings. The topological polar surface area (TPSA) is 42.0 Å². The maximum absolute atomic E-state index is 10.9. The average molecular weight is 276 g/mol. The number of aryl methyl sites for hydroxylation is 1. The van der Waals surface area contributed by atoms with Crippen LogP contribution in [0.3, 0.4) is 0 Å². The van der Waals surface area contributed by atoms with Crippen LogP contribution < -0.4 is 5.32 Å². The molecule has 4 rings (SSSR count). The number of anilines is 1. The highest BCUT2D eigenvalue weighted by Gasteiger charge is 2.12. The van der Waals surface area contributed by atoms with E-state index in [0.29, 0.717) is 6.42 Å². The second kappa shape index (κ2) is 6.18. The number of para-hydroxylation sites is 1. The molecule has 3 nitrogen and oxygen atoms in total. The van der Waals surface area contributed by atoms with E-state index < -0.39 is 0 Å². The molecule has 0 bridgehead atoms. The van der Waals surface area contributed by atoms with Crippen LogP contribution in [0.2, 0.25) is 0 Å². The summed E-state index contributed by atoms with van der Waals surface area (Å²) >= 11 is 0.